The number of hydrogen-bond donors (Lipinski definition) is 1. The monoisotopic (exact) mass is 586 g/mol. The van der Waals surface area contributed by atoms with Crippen LogP contribution >= 0.6 is 0 Å². The van der Waals surface area contributed by atoms with E-state index in [-0.39, 0.29) is 24.3 Å². The molecule has 5 aromatic rings. The van der Waals surface area contributed by atoms with Gasteiger partial charge in [-0.15, -0.1) is 0 Å². The number of anilines is 1. The first kappa shape index (κ1) is 30.4. The maximum Gasteiger partial charge on any atom is 0.305 e. The topological polar surface area (TPSA) is 69.6 Å². The minimum Gasteiger partial charge on any atom is -0.491 e. The quantitative estimate of drug-likeness (QED) is 0.0906. The molecule has 0 atom stereocenters. The summed E-state index contributed by atoms with van der Waals surface area (Å²) < 4.78 is 13.2. The van der Waals surface area contributed by atoms with E-state index in [1.165, 1.54) is 11.1 Å². The van der Waals surface area contributed by atoms with Gasteiger partial charge in [0.25, 0.3) is 0 Å². The Balaban J connectivity index is 1.32. The summed E-state index contributed by atoms with van der Waals surface area (Å²) >= 11 is 0. The Hall–Kier alpha value is -5.10. The highest BCUT2D eigenvalue weighted by Crippen LogP contribution is 2.32. The van der Waals surface area contributed by atoms with Gasteiger partial charge in [0.1, 0.15) is 5.75 Å². The zero-order chi connectivity index (χ0) is 30.9. The van der Waals surface area contributed by atoms with Crippen LogP contribution in [0.5, 0.6) is 5.75 Å². The molecule has 0 spiro atoms. The maximum absolute atomic E-state index is 13.1. The van der Waals surface area contributed by atoms with Gasteiger partial charge in [0, 0.05) is 29.6 Å². The molecule has 0 fully saturated rings. The number of fused-ring (bicyclic) bond motifs is 1. The number of rotatable bonds is 12. The van der Waals surface area contributed by atoms with Crippen LogP contribution in [0, 0.1) is 6.92 Å². The van der Waals surface area contributed by atoms with Crippen molar-refractivity contribution in [3.63, 3.8) is 0 Å². The molecular weight excluding hydrogens is 548 g/mol. The SMILES string of the molecule is CCOC(=O)CCCOc1ccc(C)cc1NC(=O)/C=C(\C)c1ccc2c(ccn2C(c2ccccc2)c2ccccc2)c1. The van der Waals surface area contributed by atoms with Gasteiger partial charge < -0.3 is 19.4 Å². The molecule has 0 aliphatic heterocycles. The molecule has 44 heavy (non-hydrogen) atoms. The van der Waals surface area contributed by atoms with E-state index < -0.39 is 0 Å². The summed E-state index contributed by atoms with van der Waals surface area (Å²) in [6.45, 7) is 6.40. The van der Waals surface area contributed by atoms with Crippen LogP contribution in [0.25, 0.3) is 16.5 Å². The van der Waals surface area contributed by atoms with Crippen LogP contribution < -0.4 is 10.1 Å². The molecule has 0 saturated heterocycles. The highest BCUT2D eigenvalue weighted by atomic mass is 16.5. The molecule has 1 aromatic heterocycles. The number of hydrogen-bond acceptors (Lipinski definition) is 4. The van der Waals surface area contributed by atoms with Crippen molar-refractivity contribution in [1.82, 2.24) is 4.57 Å². The van der Waals surface area contributed by atoms with Crippen molar-refractivity contribution in [1.29, 1.82) is 0 Å². The number of aryl methyl sites for hydroxylation is 1. The molecule has 1 heterocycles. The first-order valence-electron chi connectivity index (χ1n) is 15.0. The van der Waals surface area contributed by atoms with Crippen molar-refractivity contribution in [2.24, 2.45) is 0 Å². The Morgan fingerprint density at radius 1 is 0.886 bits per heavy atom. The molecular formula is C38H38N2O4. The maximum atomic E-state index is 13.1. The molecule has 0 unspecified atom stereocenters. The van der Waals surface area contributed by atoms with Gasteiger partial charge >= 0.3 is 5.97 Å². The molecule has 224 valence electrons. The fraction of sp³-hybridized carbons (Fsp3) is 0.211. The van der Waals surface area contributed by atoms with Crippen LogP contribution in [-0.4, -0.2) is 29.7 Å². The Labute approximate surface area is 258 Å². The van der Waals surface area contributed by atoms with Crippen LogP contribution in [0.4, 0.5) is 5.69 Å². The lowest BCUT2D eigenvalue weighted by Crippen LogP contribution is -2.11. The van der Waals surface area contributed by atoms with E-state index >= 15 is 0 Å². The zero-order valence-electron chi connectivity index (χ0n) is 25.5. The summed E-state index contributed by atoms with van der Waals surface area (Å²) in [5, 5.41) is 4.08. The average Bonchev–Trinajstić information content (AvgIpc) is 3.44. The van der Waals surface area contributed by atoms with Crippen molar-refractivity contribution < 1.29 is 19.1 Å². The summed E-state index contributed by atoms with van der Waals surface area (Å²) in [5.74, 6) is 0.0828. The molecule has 4 aromatic carbocycles. The molecule has 1 N–H and O–H groups in total. The lowest BCUT2D eigenvalue weighted by atomic mass is 9.98. The van der Waals surface area contributed by atoms with Crippen molar-refractivity contribution in [2.75, 3.05) is 18.5 Å². The largest absolute Gasteiger partial charge is 0.491 e. The van der Waals surface area contributed by atoms with Gasteiger partial charge in [-0.1, -0.05) is 72.8 Å². The molecule has 0 aliphatic rings. The molecule has 6 nitrogen and oxygen atoms in total. The third kappa shape index (κ3) is 7.45. The van der Waals surface area contributed by atoms with Crippen molar-refractivity contribution >= 4 is 34.0 Å². The number of aromatic nitrogens is 1. The standard InChI is InChI=1S/C38H38N2O4/c1-4-43-37(42)16-11-23-44-35-20-17-27(2)24-33(35)39-36(41)25-28(3)31-18-19-34-32(26-31)21-22-40(34)38(29-12-7-5-8-13-29)30-14-9-6-10-15-30/h5-10,12-15,17-22,24-26,38H,4,11,16,23H2,1-3H3,(H,39,41)/b28-25+. The third-order valence-corrected chi connectivity index (χ3v) is 7.51. The van der Waals surface area contributed by atoms with Crippen LogP contribution in [0.2, 0.25) is 0 Å². The lowest BCUT2D eigenvalue weighted by Gasteiger charge is -2.21. The van der Waals surface area contributed by atoms with Crippen LogP contribution in [0.15, 0.2) is 115 Å². The molecule has 0 saturated carbocycles. The van der Waals surface area contributed by atoms with Gasteiger partial charge in [-0.05, 0) is 85.4 Å². The predicted molar refractivity (Wildman–Crippen MR) is 177 cm³/mol. The summed E-state index contributed by atoms with van der Waals surface area (Å²) in [7, 11) is 0. The number of nitrogens with zero attached hydrogens (tertiary/aromatic N) is 1. The second-order valence-corrected chi connectivity index (χ2v) is 10.8. The second-order valence-electron chi connectivity index (χ2n) is 10.8. The average molecular weight is 587 g/mol. The number of ether oxygens (including phenoxy) is 2. The smallest absolute Gasteiger partial charge is 0.305 e. The number of amides is 1. The fourth-order valence-electron chi connectivity index (χ4n) is 5.37. The van der Waals surface area contributed by atoms with Gasteiger partial charge in [0.05, 0.1) is 24.9 Å². The van der Waals surface area contributed by atoms with E-state index in [9.17, 15) is 9.59 Å². The number of esters is 1. The van der Waals surface area contributed by atoms with E-state index in [0.29, 0.717) is 31.1 Å². The zero-order valence-corrected chi connectivity index (χ0v) is 25.5. The first-order valence-corrected chi connectivity index (χ1v) is 15.0. The van der Waals surface area contributed by atoms with Crippen molar-refractivity contribution in [3.05, 3.63) is 138 Å². The van der Waals surface area contributed by atoms with Gasteiger partial charge in [-0.3, -0.25) is 9.59 Å². The van der Waals surface area contributed by atoms with E-state index in [2.05, 4.69) is 88.9 Å². The predicted octanol–water partition coefficient (Wildman–Crippen LogP) is 8.35. The number of carbonyl (C=O) groups excluding carboxylic acids is 2. The molecule has 0 aliphatic carbocycles. The van der Waals surface area contributed by atoms with Gasteiger partial charge in [0.15, 0.2) is 0 Å². The van der Waals surface area contributed by atoms with E-state index in [0.717, 1.165) is 27.6 Å². The minimum absolute atomic E-state index is 0.0408. The normalized spacial score (nSPS) is 11.5. The van der Waals surface area contributed by atoms with Gasteiger partial charge in [0.2, 0.25) is 5.91 Å². The number of allylic oxidation sites excluding steroid dienone is 1. The Kier molecular flexibility index (Phi) is 9.92. The summed E-state index contributed by atoms with van der Waals surface area (Å²) in [4.78, 5) is 24.7. The fourth-order valence-corrected chi connectivity index (χ4v) is 5.37. The van der Waals surface area contributed by atoms with E-state index in [1.54, 1.807) is 13.0 Å². The highest BCUT2D eigenvalue weighted by Gasteiger charge is 2.18. The Bertz CT molecular complexity index is 1720. The number of nitrogens with one attached hydrogen (secondary N) is 1. The van der Waals surface area contributed by atoms with Crippen molar-refractivity contribution in [2.45, 2.75) is 39.7 Å². The van der Waals surface area contributed by atoms with Crippen LogP contribution in [0.3, 0.4) is 0 Å². The molecule has 6 heteroatoms. The minimum atomic E-state index is -0.240. The van der Waals surface area contributed by atoms with Gasteiger partial charge in [-0.2, -0.15) is 0 Å². The second kappa shape index (κ2) is 14.4. The Morgan fingerprint density at radius 3 is 2.27 bits per heavy atom. The number of benzene rings is 4. The number of carbonyl (C=O) groups is 2. The third-order valence-electron chi connectivity index (χ3n) is 7.51. The van der Waals surface area contributed by atoms with Crippen LogP contribution in [0.1, 0.15) is 55.0 Å². The first-order chi connectivity index (χ1) is 21.4. The van der Waals surface area contributed by atoms with Gasteiger partial charge in [-0.25, -0.2) is 0 Å². The molecule has 0 bridgehead atoms. The van der Waals surface area contributed by atoms with E-state index in [1.807, 2.05) is 44.2 Å². The van der Waals surface area contributed by atoms with Crippen LogP contribution in [-0.2, 0) is 14.3 Å². The molecule has 5 rings (SSSR count). The summed E-state index contributed by atoms with van der Waals surface area (Å²) in [5.41, 5.74) is 6.96. The Morgan fingerprint density at radius 2 is 1.59 bits per heavy atom. The molecule has 1 amide bonds. The highest BCUT2D eigenvalue weighted by molar-refractivity contribution is 6.05. The lowest BCUT2D eigenvalue weighted by molar-refractivity contribution is -0.143. The summed E-state index contributed by atoms with van der Waals surface area (Å²) in [6.07, 6.45) is 4.57. The van der Waals surface area contributed by atoms with Crippen molar-refractivity contribution in [3.8, 4) is 5.75 Å². The summed E-state index contributed by atoms with van der Waals surface area (Å²) in [6, 6.07) is 35.2. The van der Waals surface area contributed by atoms with E-state index in [4.69, 9.17) is 9.47 Å². The molecule has 0 radical (unpaired) electrons.